The number of benzene rings is 1. The molecule has 1 atom stereocenters. The van der Waals surface area contributed by atoms with E-state index in [1.54, 1.807) is 6.07 Å². The molecule has 1 aromatic carbocycles. The fourth-order valence-electron chi connectivity index (χ4n) is 0.953. The second-order valence-electron chi connectivity index (χ2n) is 2.45. The van der Waals surface area contributed by atoms with Crippen molar-refractivity contribution in [2.45, 2.75) is 6.10 Å². The number of aliphatic hydroxyl groups is 1. The van der Waals surface area contributed by atoms with E-state index in [4.69, 9.17) is 5.26 Å². The number of allylic oxidation sites excluding steroid dienone is 1. The van der Waals surface area contributed by atoms with Crippen LogP contribution in [0.15, 0.2) is 40.9 Å². The number of nitriles is 1. The third kappa shape index (κ3) is 2.69. The normalized spacial score (nSPS) is 12.7. The average molecular weight is 238 g/mol. The second kappa shape index (κ2) is 4.80. The van der Waals surface area contributed by atoms with Crippen LogP contribution in [0.5, 0.6) is 0 Å². The Kier molecular flexibility index (Phi) is 3.69. The highest BCUT2D eigenvalue weighted by atomic mass is 79.9. The lowest BCUT2D eigenvalue weighted by atomic mass is 10.1. The molecule has 0 aliphatic carbocycles. The van der Waals surface area contributed by atoms with Crippen LogP contribution in [-0.2, 0) is 0 Å². The first kappa shape index (κ1) is 9.97. The first-order valence-electron chi connectivity index (χ1n) is 3.74. The molecule has 0 aromatic heterocycles. The maximum absolute atomic E-state index is 9.56. The minimum absolute atomic E-state index is 0.727. The molecule has 0 aliphatic rings. The minimum atomic E-state index is -0.727. The standard InChI is InChI=1S/C10H8BrNO/c11-9-5-2-1-4-8(9)10(13)6-3-7-12/h1-6,10,13H/b6-3+. The Morgan fingerprint density at radius 3 is 2.77 bits per heavy atom. The molecule has 0 saturated heterocycles. The highest BCUT2D eigenvalue weighted by Gasteiger charge is 2.05. The van der Waals surface area contributed by atoms with Gasteiger partial charge in [0.2, 0.25) is 0 Å². The average Bonchev–Trinajstić information content (AvgIpc) is 2.15. The van der Waals surface area contributed by atoms with E-state index in [2.05, 4.69) is 15.9 Å². The largest absolute Gasteiger partial charge is 0.384 e. The van der Waals surface area contributed by atoms with Crippen LogP contribution in [-0.4, -0.2) is 5.11 Å². The molecular weight excluding hydrogens is 230 g/mol. The quantitative estimate of drug-likeness (QED) is 0.804. The van der Waals surface area contributed by atoms with E-state index in [0.29, 0.717) is 0 Å². The van der Waals surface area contributed by atoms with E-state index < -0.39 is 6.10 Å². The highest BCUT2D eigenvalue weighted by Crippen LogP contribution is 2.23. The monoisotopic (exact) mass is 237 g/mol. The summed E-state index contributed by atoms with van der Waals surface area (Å²) in [6.07, 6.45) is 1.99. The lowest BCUT2D eigenvalue weighted by Crippen LogP contribution is -1.93. The maximum Gasteiger partial charge on any atom is 0.0992 e. The van der Waals surface area contributed by atoms with Gasteiger partial charge in [0, 0.05) is 10.5 Å². The van der Waals surface area contributed by atoms with Crippen LogP contribution in [0.2, 0.25) is 0 Å². The Bertz CT molecular complexity index is 354. The predicted molar refractivity (Wildman–Crippen MR) is 53.9 cm³/mol. The number of nitrogens with zero attached hydrogens (tertiary/aromatic N) is 1. The van der Waals surface area contributed by atoms with Gasteiger partial charge in [0.25, 0.3) is 0 Å². The topological polar surface area (TPSA) is 44.0 Å². The number of hydrogen-bond donors (Lipinski definition) is 1. The van der Waals surface area contributed by atoms with Gasteiger partial charge in [-0.15, -0.1) is 0 Å². The molecule has 0 spiro atoms. The van der Waals surface area contributed by atoms with Crippen LogP contribution in [0.25, 0.3) is 0 Å². The Balaban J connectivity index is 2.90. The second-order valence-corrected chi connectivity index (χ2v) is 3.31. The van der Waals surface area contributed by atoms with Gasteiger partial charge in [-0.2, -0.15) is 5.26 Å². The van der Waals surface area contributed by atoms with E-state index in [-0.39, 0.29) is 0 Å². The molecule has 13 heavy (non-hydrogen) atoms. The molecule has 0 saturated carbocycles. The summed E-state index contributed by atoms with van der Waals surface area (Å²) in [4.78, 5) is 0. The van der Waals surface area contributed by atoms with Crippen molar-refractivity contribution >= 4 is 15.9 Å². The summed E-state index contributed by atoms with van der Waals surface area (Å²) in [6.45, 7) is 0. The van der Waals surface area contributed by atoms with Crippen molar-refractivity contribution in [1.29, 1.82) is 5.26 Å². The van der Waals surface area contributed by atoms with Gasteiger partial charge in [-0.1, -0.05) is 34.1 Å². The van der Waals surface area contributed by atoms with Crippen LogP contribution in [0.4, 0.5) is 0 Å². The van der Waals surface area contributed by atoms with Gasteiger partial charge < -0.3 is 5.11 Å². The number of rotatable bonds is 2. The fraction of sp³-hybridized carbons (Fsp3) is 0.100. The molecule has 1 N–H and O–H groups in total. The third-order valence-electron chi connectivity index (χ3n) is 1.58. The zero-order valence-electron chi connectivity index (χ0n) is 6.81. The molecule has 0 radical (unpaired) electrons. The van der Waals surface area contributed by atoms with Crippen molar-refractivity contribution in [2.75, 3.05) is 0 Å². The van der Waals surface area contributed by atoms with Crippen molar-refractivity contribution in [3.63, 3.8) is 0 Å². The zero-order valence-corrected chi connectivity index (χ0v) is 8.40. The molecule has 66 valence electrons. The molecule has 0 bridgehead atoms. The number of aliphatic hydroxyl groups excluding tert-OH is 1. The van der Waals surface area contributed by atoms with Gasteiger partial charge in [0.1, 0.15) is 0 Å². The molecule has 0 aliphatic heterocycles. The highest BCUT2D eigenvalue weighted by molar-refractivity contribution is 9.10. The van der Waals surface area contributed by atoms with Crippen molar-refractivity contribution in [2.24, 2.45) is 0 Å². The Hall–Kier alpha value is -1.11. The molecule has 0 heterocycles. The summed E-state index contributed by atoms with van der Waals surface area (Å²) in [5.74, 6) is 0. The molecule has 0 amide bonds. The first-order valence-corrected chi connectivity index (χ1v) is 4.54. The fourth-order valence-corrected chi connectivity index (χ4v) is 1.47. The van der Waals surface area contributed by atoms with Crippen LogP contribution in [0.1, 0.15) is 11.7 Å². The molecular formula is C10H8BrNO. The van der Waals surface area contributed by atoms with Crippen molar-refractivity contribution in [3.05, 3.63) is 46.5 Å². The van der Waals surface area contributed by atoms with Gasteiger partial charge in [-0.05, 0) is 17.7 Å². The minimum Gasteiger partial charge on any atom is -0.384 e. The van der Waals surface area contributed by atoms with E-state index in [1.165, 1.54) is 12.2 Å². The summed E-state index contributed by atoms with van der Waals surface area (Å²) in [5, 5.41) is 17.8. The third-order valence-corrected chi connectivity index (χ3v) is 2.30. The summed E-state index contributed by atoms with van der Waals surface area (Å²) in [7, 11) is 0. The summed E-state index contributed by atoms with van der Waals surface area (Å²) in [5.41, 5.74) is 0.758. The SMILES string of the molecule is N#C/C=C/C(O)c1ccccc1Br. The first-order chi connectivity index (χ1) is 6.25. The number of halogens is 1. The molecule has 0 fully saturated rings. The smallest absolute Gasteiger partial charge is 0.0992 e. The number of hydrogen-bond acceptors (Lipinski definition) is 2. The molecule has 3 heteroatoms. The van der Waals surface area contributed by atoms with Crippen molar-refractivity contribution in [3.8, 4) is 6.07 Å². The van der Waals surface area contributed by atoms with E-state index >= 15 is 0 Å². The Morgan fingerprint density at radius 2 is 2.15 bits per heavy atom. The molecule has 1 aromatic rings. The van der Waals surface area contributed by atoms with Gasteiger partial charge in [0.05, 0.1) is 12.2 Å². The van der Waals surface area contributed by atoms with E-state index in [0.717, 1.165) is 10.0 Å². The Morgan fingerprint density at radius 1 is 1.46 bits per heavy atom. The van der Waals surface area contributed by atoms with Gasteiger partial charge in [0.15, 0.2) is 0 Å². The Labute approximate surface area is 85.3 Å². The summed E-state index contributed by atoms with van der Waals surface area (Å²) in [6, 6.07) is 9.19. The lowest BCUT2D eigenvalue weighted by Gasteiger charge is -2.06. The van der Waals surface area contributed by atoms with Gasteiger partial charge >= 0.3 is 0 Å². The molecule has 1 unspecified atom stereocenters. The van der Waals surface area contributed by atoms with E-state index in [9.17, 15) is 5.11 Å². The van der Waals surface area contributed by atoms with E-state index in [1.807, 2.05) is 24.3 Å². The predicted octanol–water partition coefficient (Wildman–Crippen LogP) is 2.56. The summed E-state index contributed by atoms with van der Waals surface area (Å²) < 4.78 is 0.838. The lowest BCUT2D eigenvalue weighted by molar-refractivity contribution is 0.228. The van der Waals surface area contributed by atoms with Crippen LogP contribution in [0.3, 0.4) is 0 Å². The van der Waals surface area contributed by atoms with Crippen molar-refractivity contribution < 1.29 is 5.11 Å². The molecule has 1 rings (SSSR count). The van der Waals surface area contributed by atoms with Crippen molar-refractivity contribution in [1.82, 2.24) is 0 Å². The van der Waals surface area contributed by atoms with Gasteiger partial charge in [-0.25, -0.2) is 0 Å². The van der Waals surface area contributed by atoms with Crippen LogP contribution in [0, 0.1) is 11.3 Å². The van der Waals surface area contributed by atoms with Crippen LogP contribution < -0.4 is 0 Å². The molecule has 2 nitrogen and oxygen atoms in total. The zero-order chi connectivity index (χ0) is 9.68. The summed E-state index contributed by atoms with van der Waals surface area (Å²) >= 11 is 3.31. The van der Waals surface area contributed by atoms with Gasteiger partial charge in [-0.3, -0.25) is 0 Å². The maximum atomic E-state index is 9.56. The van der Waals surface area contributed by atoms with Crippen LogP contribution >= 0.6 is 15.9 Å².